The fourth-order valence-electron chi connectivity index (χ4n) is 3.53. The number of benzene rings is 2. The molecule has 3 rings (SSSR count). The summed E-state index contributed by atoms with van der Waals surface area (Å²) in [6.45, 7) is 4.23. The topological polar surface area (TPSA) is 149 Å². The van der Waals surface area contributed by atoms with E-state index in [2.05, 4.69) is 9.08 Å². The third kappa shape index (κ3) is 6.54. The SMILES string of the molecule is CC(=O)NS(=O)(C[C@@H](C)CC(=O)ON1C(=O)c2ccccc2C1=O)=NC(=O)OC(C)c1ccccc1. The number of ether oxygens (including phenoxy) is 1. The zero-order chi connectivity index (χ0) is 26.5. The monoisotopic (exact) mass is 515 g/mol. The Morgan fingerprint density at radius 1 is 0.972 bits per heavy atom. The molecule has 0 radical (unpaired) electrons. The van der Waals surface area contributed by atoms with Crippen molar-refractivity contribution in [2.75, 3.05) is 5.75 Å². The first-order valence-corrected chi connectivity index (χ1v) is 12.6. The van der Waals surface area contributed by atoms with Gasteiger partial charge in [0.1, 0.15) is 16.0 Å². The second kappa shape index (κ2) is 11.1. The smallest absolute Gasteiger partial charge is 0.440 e. The van der Waals surface area contributed by atoms with Gasteiger partial charge in [0.2, 0.25) is 5.91 Å². The first-order valence-electron chi connectivity index (χ1n) is 11.0. The Morgan fingerprint density at radius 3 is 2.08 bits per heavy atom. The van der Waals surface area contributed by atoms with Crippen LogP contribution in [0.3, 0.4) is 0 Å². The van der Waals surface area contributed by atoms with Crippen molar-refractivity contribution in [3.63, 3.8) is 0 Å². The normalized spacial score (nSPS) is 15.8. The molecular weight excluding hydrogens is 490 g/mol. The average molecular weight is 516 g/mol. The summed E-state index contributed by atoms with van der Waals surface area (Å²) in [5, 5.41) is 0.373. The van der Waals surface area contributed by atoms with Crippen molar-refractivity contribution >= 4 is 39.7 Å². The summed E-state index contributed by atoms with van der Waals surface area (Å²) in [5.41, 5.74) is 0.912. The van der Waals surface area contributed by atoms with Crippen LogP contribution in [-0.2, 0) is 29.1 Å². The zero-order valence-electron chi connectivity index (χ0n) is 19.8. The van der Waals surface area contributed by atoms with Crippen LogP contribution in [0.25, 0.3) is 0 Å². The van der Waals surface area contributed by atoms with Gasteiger partial charge in [0, 0.05) is 6.92 Å². The Morgan fingerprint density at radius 2 is 1.53 bits per heavy atom. The van der Waals surface area contributed by atoms with Gasteiger partial charge in [-0.1, -0.05) is 54.5 Å². The number of hydrogen-bond donors (Lipinski definition) is 1. The summed E-state index contributed by atoms with van der Waals surface area (Å²) in [6, 6.07) is 14.8. The lowest BCUT2D eigenvalue weighted by molar-refractivity contribution is -0.169. The summed E-state index contributed by atoms with van der Waals surface area (Å²) in [5.74, 6) is -4.31. The second-order valence-corrected chi connectivity index (χ2v) is 10.2. The number of imide groups is 1. The molecule has 36 heavy (non-hydrogen) atoms. The van der Waals surface area contributed by atoms with E-state index in [0.717, 1.165) is 6.92 Å². The van der Waals surface area contributed by atoms with Gasteiger partial charge in [0.05, 0.1) is 23.3 Å². The molecule has 2 aromatic rings. The highest BCUT2D eigenvalue weighted by Gasteiger charge is 2.38. The number of amides is 4. The number of hydroxylamine groups is 2. The van der Waals surface area contributed by atoms with E-state index >= 15 is 0 Å². The molecule has 4 amide bonds. The highest BCUT2D eigenvalue weighted by atomic mass is 32.2. The van der Waals surface area contributed by atoms with Crippen LogP contribution in [0.4, 0.5) is 4.79 Å². The van der Waals surface area contributed by atoms with Crippen molar-refractivity contribution < 1.29 is 37.8 Å². The minimum atomic E-state index is -3.66. The maximum Gasteiger partial charge on any atom is 0.443 e. The molecule has 11 nitrogen and oxygen atoms in total. The lowest BCUT2D eigenvalue weighted by atomic mass is 10.1. The minimum absolute atomic E-state index is 0.110. The van der Waals surface area contributed by atoms with E-state index in [1.165, 1.54) is 19.1 Å². The molecule has 1 aliphatic rings. The van der Waals surface area contributed by atoms with Gasteiger partial charge < -0.3 is 9.57 Å². The number of nitrogens with zero attached hydrogens (tertiary/aromatic N) is 2. The molecule has 0 aliphatic carbocycles. The number of hydrogen-bond acceptors (Lipinski definition) is 8. The van der Waals surface area contributed by atoms with Crippen molar-refractivity contribution in [3.05, 3.63) is 71.3 Å². The zero-order valence-corrected chi connectivity index (χ0v) is 20.7. The van der Waals surface area contributed by atoms with Gasteiger partial charge >= 0.3 is 12.1 Å². The quantitative estimate of drug-likeness (QED) is 0.527. The highest BCUT2D eigenvalue weighted by Crippen LogP contribution is 2.23. The Kier molecular flexibility index (Phi) is 8.20. The van der Waals surface area contributed by atoms with Gasteiger partial charge in [-0.05, 0) is 30.5 Å². The molecule has 0 aromatic heterocycles. The molecule has 0 spiro atoms. The van der Waals surface area contributed by atoms with Crippen LogP contribution < -0.4 is 4.72 Å². The van der Waals surface area contributed by atoms with Crippen LogP contribution in [0.1, 0.15) is 59.6 Å². The third-order valence-corrected chi connectivity index (χ3v) is 7.12. The Hall–Kier alpha value is -4.06. The summed E-state index contributed by atoms with van der Waals surface area (Å²) in [7, 11) is -3.66. The minimum Gasteiger partial charge on any atom is -0.440 e. The first-order chi connectivity index (χ1) is 17.0. The predicted molar refractivity (Wildman–Crippen MR) is 127 cm³/mol. The summed E-state index contributed by atoms with van der Waals surface area (Å²) in [6.07, 6.45) is -2.21. The van der Waals surface area contributed by atoms with Crippen molar-refractivity contribution in [2.45, 2.75) is 33.3 Å². The van der Waals surface area contributed by atoms with Gasteiger partial charge in [-0.3, -0.25) is 19.1 Å². The Bertz CT molecular complexity index is 1280. The van der Waals surface area contributed by atoms with Crippen LogP contribution in [0, 0.1) is 5.92 Å². The number of carbonyl (C=O) groups is 5. The Labute approximate surface area is 208 Å². The molecule has 12 heteroatoms. The van der Waals surface area contributed by atoms with E-state index in [0.29, 0.717) is 10.6 Å². The molecule has 1 aliphatic heterocycles. The van der Waals surface area contributed by atoms with Gasteiger partial charge in [0.25, 0.3) is 11.8 Å². The van der Waals surface area contributed by atoms with Crippen LogP contribution in [0.2, 0.25) is 0 Å². The molecule has 2 unspecified atom stereocenters. The van der Waals surface area contributed by atoms with Crippen molar-refractivity contribution in [2.24, 2.45) is 10.3 Å². The molecule has 1 heterocycles. The van der Waals surface area contributed by atoms with Gasteiger partial charge in [0.15, 0.2) is 0 Å². The summed E-state index contributed by atoms with van der Waals surface area (Å²) < 4.78 is 24.2. The number of carbonyl (C=O) groups excluding carboxylic acids is 5. The fourth-order valence-corrected chi connectivity index (χ4v) is 5.36. The van der Waals surface area contributed by atoms with E-state index in [1.807, 2.05) is 0 Å². The van der Waals surface area contributed by atoms with Crippen LogP contribution in [0.15, 0.2) is 59.0 Å². The molecular formula is C24H25N3O8S. The van der Waals surface area contributed by atoms with E-state index in [-0.39, 0.29) is 17.5 Å². The largest absolute Gasteiger partial charge is 0.443 e. The summed E-state index contributed by atoms with van der Waals surface area (Å²) in [4.78, 5) is 66.1. The molecule has 0 saturated heterocycles. The lowest BCUT2D eigenvalue weighted by Crippen LogP contribution is -2.36. The van der Waals surface area contributed by atoms with Crippen molar-refractivity contribution in [1.29, 1.82) is 0 Å². The third-order valence-electron chi connectivity index (χ3n) is 5.05. The molecule has 190 valence electrons. The highest BCUT2D eigenvalue weighted by molar-refractivity contribution is 7.92. The van der Waals surface area contributed by atoms with E-state index in [4.69, 9.17) is 9.57 Å². The second-order valence-electron chi connectivity index (χ2n) is 8.22. The van der Waals surface area contributed by atoms with Crippen LogP contribution in [0.5, 0.6) is 0 Å². The number of rotatable bonds is 8. The molecule has 3 atom stereocenters. The molecule has 0 fully saturated rings. The fraction of sp³-hybridized carbons (Fsp3) is 0.292. The van der Waals surface area contributed by atoms with E-state index < -0.39 is 57.5 Å². The van der Waals surface area contributed by atoms with Crippen LogP contribution in [-0.4, -0.2) is 44.8 Å². The maximum absolute atomic E-state index is 13.2. The van der Waals surface area contributed by atoms with Crippen molar-refractivity contribution in [3.8, 4) is 0 Å². The molecule has 1 N–H and O–H groups in total. The van der Waals surface area contributed by atoms with Gasteiger partial charge in [-0.2, -0.15) is 0 Å². The molecule has 2 aromatic carbocycles. The van der Waals surface area contributed by atoms with Gasteiger partial charge in [-0.25, -0.2) is 13.8 Å². The molecule has 0 bridgehead atoms. The predicted octanol–water partition coefficient (Wildman–Crippen LogP) is 3.18. The Balaban J connectivity index is 1.65. The summed E-state index contributed by atoms with van der Waals surface area (Å²) >= 11 is 0. The van der Waals surface area contributed by atoms with Gasteiger partial charge in [-0.15, -0.1) is 4.36 Å². The lowest BCUT2D eigenvalue weighted by Gasteiger charge is -2.17. The van der Waals surface area contributed by atoms with Crippen molar-refractivity contribution in [1.82, 2.24) is 9.79 Å². The van der Waals surface area contributed by atoms with Crippen LogP contribution >= 0.6 is 0 Å². The number of fused-ring (bicyclic) bond motifs is 1. The molecule has 0 saturated carbocycles. The maximum atomic E-state index is 13.2. The standard InChI is InChI=1S/C24H25N3O8S/c1-15(13-21(29)35-27-22(30)19-11-7-8-12-20(19)23(27)31)14-36(33,25-17(3)28)26-24(32)34-16(2)18-9-5-4-6-10-18/h4-12,15-16H,13-14H2,1-3H3,(H,25,26,28,32,33)/t15-,16?,36?/m0/s1. The average Bonchev–Trinajstić information content (AvgIpc) is 3.03. The number of nitrogens with one attached hydrogen (secondary N) is 1. The first kappa shape index (κ1) is 26.5. The van der Waals surface area contributed by atoms with E-state index in [1.54, 1.807) is 49.4 Å². The van der Waals surface area contributed by atoms with E-state index in [9.17, 15) is 28.2 Å².